The van der Waals surface area contributed by atoms with E-state index in [1.54, 1.807) is 12.1 Å². The van der Waals surface area contributed by atoms with Gasteiger partial charge in [-0.2, -0.15) is 0 Å². The average Bonchev–Trinajstić information content (AvgIpc) is 3.23. The van der Waals surface area contributed by atoms with E-state index in [0.29, 0.717) is 29.3 Å². The van der Waals surface area contributed by atoms with Crippen molar-refractivity contribution < 1.29 is 18.4 Å². The predicted molar refractivity (Wildman–Crippen MR) is 92.6 cm³/mol. The highest BCUT2D eigenvalue weighted by atomic mass is 16.5. The number of aldehydes is 1. The van der Waals surface area contributed by atoms with E-state index in [2.05, 4.69) is 4.98 Å². The second-order valence-corrected chi connectivity index (χ2v) is 5.64. The molecule has 0 fully saturated rings. The van der Waals surface area contributed by atoms with Crippen molar-refractivity contribution in [3.8, 4) is 17.2 Å². The molecule has 0 saturated carbocycles. The number of aromatic nitrogens is 1. The van der Waals surface area contributed by atoms with Crippen LogP contribution in [0.5, 0.6) is 5.75 Å². The van der Waals surface area contributed by atoms with Crippen LogP contribution in [0.25, 0.3) is 22.4 Å². The Morgan fingerprint density at radius 2 is 1.92 bits per heavy atom. The summed E-state index contributed by atoms with van der Waals surface area (Å²) in [6.07, 6.45) is 0.685. The van der Waals surface area contributed by atoms with Gasteiger partial charge in [0.2, 0.25) is 5.89 Å². The molecule has 0 aliphatic heterocycles. The van der Waals surface area contributed by atoms with Crippen molar-refractivity contribution in [2.75, 3.05) is 0 Å². The van der Waals surface area contributed by atoms with Gasteiger partial charge in [0.25, 0.3) is 0 Å². The van der Waals surface area contributed by atoms with Crippen molar-refractivity contribution in [3.05, 3.63) is 71.8 Å². The van der Waals surface area contributed by atoms with E-state index in [-0.39, 0.29) is 6.61 Å². The summed E-state index contributed by atoms with van der Waals surface area (Å²) in [7, 11) is 0. The van der Waals surface area contributed by atoms with Crippen LogP contribution in [0.2, 0.25) is 0 Å². The summed E-state index contributed by atoms with van der Waals surface area (Å²) >= 11 is 0. The SMILES string of the molecule is Cc1oc(-c2ccccc2)nc1COc1ccc2cc(C=O)oc2c1. The molecule has 0 radical (unpaired) electrons. The second kappa shape index (κ2) is 6.28. The third-order valence-electron chi connectivity index (χ3n) is 3.92. The minimum Gasteiger partial charge on any atom is -0.487 e. The summed E-state index contributed by atoms with van der Waals surface area (Å²) in [6.45, 7) is 2.15. The van der Waals surface area contributed by atoms with Crippen molar-refractivity contribution in [3.63, 3.8) is 0 Å². The van der Waals surface area contributed by atoms with E-state index >= 15 is 0 Å². The Morgan fingerprint density at radius 1 is 1.08 bits per heavy atom. The first kappa shape index (κ1) is 15.2. The zero-order valence-electron chi connectivity index (χ0n) is 13.6. The molecule has 0 saturated heterocycles. The van der Waals surface area contributed by atoms with Gasteiger partial charge in [-0.15, -0.1) is 0 Å². The fourth-order valence-electron chi connectivity index (χ4n) is 2.60. The van der Waals surface area contributed by atoms with Crippen LogP contribution in [-0.4, -0.2) is 11.3 Å². The van der Waals surface area contributed by atoms with Crippen molar-refractivity contribution >= 4 is 17.3 Å². The lowest BCUT2D eigenvalue weighted by Crippen LogP contribution is -1.97. The van der Waals surface area contributed by atoms with Gasteiger partial charge in [0, 0.05) is 17.0 Å². The molecule has 124 valence electrons. The summed E-state index contributed by atoms with van der Waals surface area (Å²) in [5, 5.41) is 0.860. The molecule has 5 heteroatoms. The molecule has 25 heavy (non-hydrogen) atoms. The molecule has 2 heterocycles. The minimum absolute atomic E-state index is 0.287. The second-order valence-electron chi connectivity index (χ2n) is 5.64. The monoisotopic (exact) mass is 333 g/mol. The van der Waals surface area contributed by atoms with Crippen molar-refractivity contribution in [1.82, 2.24) is 4.98 Å². The number of rotatable bonds is 5. The highest BCUT2D eigenvalue weighted by Crippen LogP contribution is 2.26. The molecule has 4 aromatic rings. The van der Waals surface area contributed by atoms with Gasteiger partial charge in [-0.05, 0) is 37.3 Å². The summed E-state index contributed by atoms with van der Waals surface area (Å²) in [4.78, 5) is 15.3. The van der Waals surface area contributed by atoms with Crippen LogP contribution in [0.3, 0.4) is 0 Å². The van der Waals surface area contributed by atoms with Crippen molar-refractivity contribution in [1.29, 1.82) is 0 Å². The number of hydrogen-bond acceptors (Lipinski definition) is 5. The van der Waals surface area contributed by atoms with E-state index < -0.39 is 0 Å². The third-order valence-corrected chi connectivity index (χ3v) is 3.92. The van der Waals surface area contributed by atoms with Gasteiger partial charge in [-0.25, -0.2) is 4.98 Å². The Hall–Kier alpha value is -3.34. The number of ether oxygens (including phenoxy) is 1. The number of hydrogen-bond donors (Lipinski definition) is 0. The number of furan rings is 1. The first-order chi connectivity index (χ1) is 12.2. The van der Waals surface area contributed by atoms with E-state index in [1.807, 2.05) is 49.4 Å². The maximum Gasteiger partial charge on any atom is 0.226 e. The normalized spacial score (nSPS) is 10.9. The molecule has 0 aliphatic carbocycles. The van der Waals surface area contributed by atoms with Crippen molar-refractivity contribution in [2.45, 2.75) is 13.5 Å². The molecule has 0 amide bonds. The number of carbonyl (C=O) groups is 1. The highest BCUT2D eigenvalue weighted by Gasteiger charge is 2.12. The molecule has 4 rings (SSSR count). The molecular weight excluding hydrogens is 318 g/mol. The number of carbonyl (C=O) groups excluding carboxylic acids is 1. The number of fused-ring (bicyclic) bond motifs is 1. The lowest BCUT2D eigenvalue weighted by atomic mass is 10.2. The fourth-order valence-corrected chi connectivity index (χ4v) is 2.60. The molecule has 0 bridgehead atoms. The molecule has 0 N–H and O–H groups in total. The Balaban J connectivity index is 1.53. The van der Waals surface area contributed by atoms with Gasteiger partial charge in [-0.3, -0.25) is 4.79 Å². The molecule has 2 aromatic carbocycles. The molecule has 0 spiro atoms. The molecule has 2 aromatic heterocycles. The van der Waals surface area contributed by atoms with Crippen LogP contribution >= 0.6 is 0 Å². The lowest BCUT2D eigenvalue weighted by molar-refractivity contribution is 0.110. The number of oxazole rings is 1. The minimum atomic E-state index is 0.287. The summed E-state index contributed by atoms with van der Waals surface area (Å²) in [5.74, 6) is 2.24. The standard InChI is InChI=1S/C20H15NO4/c1-13-18(21-20(24-13)14-5-3-2-4-6-14)12-23-16-8-7-15-9-17(11-22)25-19(15)10-16/h2-11H,12H2,1H3. The Kier molecular flexibility index (Phi) is 3.82. The largest absolute Gasteiger partial charge is 0.487 e. The van der Waals surface area contributed by atoms with Gasteiger partial charge in [0.05, 0.1) is 0 Å². The van der Waals surface area contributed by atoms with Crippen LogP contribution in [-0.2, 0) is 6.61 Å². The van der Waals surface area contributed by atoms with Crippen LogP contribution in [0.15, 0.2) is 63.4 Å². The smallest absolute Gasteiger partial charge is 0.226 e. The average molecular weight is 333 g/mol. The molecule has 5 nitrogen and oxygen atoms in total. The molecule has 0 aliphatic rings. The first-order valence-corrected chi connectivity index (χ1v) is 7.86. The van der Waals surface area contributed by atoms with Gasteiger partial charge in [-0.1, -0.05) is 18.2 Å². The number of benzene rings is 2. The topological polar surface area (TPSA) is 65.5 Å². The Labute approximate surface area is 143 Å². The van der Waals surface area contributed by atoms with Crippen LogP contribution < -0.4 is 4.74 Å². The van der Waals surface area contributed by atoms with E-state index in [1.165, 1.54) is 0 Å². The van der Waals surface area contributed by atoms with E-state index in [4.69, 9.17) is 13.6 Å². The molecular formula is C20H15NO4. The van der Waals surface area contributed by atoms with Crippen molar-refractivity contribution in [2.24, 2.45) is 0 Å². The van der Waals surface area contributed by atoms with Crippen LogP contribution in [0.1, 0.15) is 22.0 Å². The van der Waals surface area contributed by atoms with E-state index in [0.717, 1.165) is 22.4 Å². The Morgan fingerprint density at radius 3 is 2.72 bits per heavy atom. The summed E-state index contributed by atoms with van der Waals surface area (Å²) < 4.78 is 16.9. The maximum atomic E-state index is 10.8. The highest BCUT2D eigenvalue weighted by molar-refractivity contribution is 5.85. The number of nitrogens with zero attached hydrogens (tertiary/aromatic N) is 1. The zero-order chi connectivity index (χ0) is 17.2. The zero-order valence-corrected chi connectivity index (χ0v) is 13.6. The third kappa shape index (κ3) is 3.04. The number of aryl methyl sites for hydroxylation is 1. The maximum absolute atomic E-state index is 10.8. The van der Waals surface area contributed by atoms with E-state index in [9.17, 15) is 4.79 Å². The van der Waals surface area contributed by atoms with Gasteiger partial charge >= 0.3 is 0 Å². The quantitative estimate of drug-likeness (QED) is 0.491. The predicted octanol–water partition coefficient (Wildman–Crippen LogP) is 4.79. The van der Waals surface area contributed by atoms with Crippen LogP contribution in [0, 0.1) is 6.92 Å². The van der Waals surface area contributed by atoms with Crippen LogP contribution in [0.4, 0.5) is 0 Å². The Bertz CT molecular complexity index is 1030. The lowest BCUT2D eigenvalue weighted by Gasteiger charge is -2.04. The molecule has 0 unspecified atom stereocenters. The summed E-state index contributed by atoms with van der Waals surface area (Å²) in [6, 6.07) is 16.9. The first-order valence-electron chi connectivity index (χ1n) is 7.86. The fraction of sp³-hybridized carbons (Fsp3) is 0.100. The van der Waals surface area contributed by atoms with Gasteiger partial charge in [0.15, 0.2) is 12.0 Å². The van der Waals surface area contributed by atoms with Gasteiger partial charge < -0.3 is 13.6 Å². The molecule has 0 atom stereocenters. The van der Waals surface area contributed by atoms with Gasteiger partial charge in [0.1, 0.15) is 29.4 Å². The summed E-state index contributed by atoms with van der Waals surface area (Å²) in [5.41, 5.74) is 2.28.